The van der Waals surface area contributed by atoms with Gasteiger partial charge in [-0.3, -0.25) is 4.79 Å². The van der Waals surface area contributed by atoms with Gasteiger partial charge in [-0.05, 0) is 32.0 Å². The number of rotatable bonds is 6. The van der Waals surface area contributed by atoms with Gasteiger partial charge in [0.25, 0.3) is 0 Å². The quantitative estimate of drug-likeness (QED) is 0.662. The number of carbonyl (C=O) groups excluding carboxylic acids is 1. The average molecular weight is 395 g/mol. The first-order chi connectivity index (χ1) is 12.4. The maximum absolute atomic E-state index is 13.3. The molecule has 9 heteroatoms. The molecule has 2 aromatic heterocycles. The van der Waals surface area contributed by atoms with E-state index in [4.69, 9.17) is 4.52 Å². The van der Waals surface area contributed by atoms with Crippen LogP contribution in [-0.2, 0) is 10.5 Å². The molecule has 0 aliphatic heterocycles. The molecular formula is C17H15F2N3O2S2. The van der Waals surface area contributed by atoms with E-state index in [-0.39, 0.29) is 11.7 Å². The van der Waals surface area contributed by atoms with Crippen molar-refractivity contribution < 1.29 is 18.1 Å². The Hall–Kier alpha value is -2.26. The molecule has 0 bridgehead atoms. The molecule has 3 aromatic rings. The minimum atomic E-state index is -0.934. The number of thioether (sulfide) groups is 1. The van der Waals surface area contributed by atoms with Gasteiger partial charge in [-0.25, -0.2) is 13.8 Å². The summed E-state index contributed by atoms with van der Waals surface area (Å²) in [4.78, 5) is 16.3. The van der Waals surface area contributed by atoms with E-state index in [9.17, 15) is 13.6 Å². The lowest BCUT2D eigenvalue weighted by atomic mass is 10.2. The Bertz CT molecular complexity index is 920. The number of hydrogen-bond acceptors (Lipinski definition) is 6. The highest BCUT2D eigenvalue weighted by molar-refractivity contribution is 7.99. The van der Waals surface area contributed by atoms with E-state index in [1.165, 1.54) is 29.2 Å². The fourth-order valence-electron chi connectivity index (χ4n) is 2.23. The third-order valence-electron chi connectivity index (χ3n) is 3.63. The molecule has 2 heterocycles. The normalized spacial score (nSPS) is 10.9. The van der Waals surface area contributed by atoms with Gasteiger partial charge in [0, 0.05) is 22.3 Å². The van der Waals surface area contributed by atoms with Crippen molar-refractivity contribution in [3.05, 3.63) is 52.2 Å². The zero-order valence-corrected chi connectivity index (χ0v) is 15.6. The lowest BCUT2D eigenvalue weighted by Gasteiger charge is -2.02. The molecule has 0 aliphatic carbocycles. The van der Waals surface area contributed by atoms with Crippen LogP contribution in [-0.4, -0.2) is 21.8 Å². The molecule has 26 heavy (non-hydrogen) atoms. The van der Waals surface area contributed by atoms with E-state index < -0.39 is 11.6 Å². The third kappa shape index (κ3) is 4.28. The van der Waals surface area contributed by atoms with Gasteiger partial charge in [0.05, 0.1) is 17.1 Å². The van der Waals surface area contributed by atoms with Gasteiger partial charge >= 0.3 is 0 Å². The first kappa shape index (κ1) is 18.5. The van der Waals surface area contributed by atoms with Gasteiger partial charge in [-0.2, -0.15) is 0 Å². The van der Waals surface area contributed by atoms with Crippen LogP contribution in [0.25, 0.3) is 11.3 Å². The van der Waals surface area contributed by atoms with Gasteiger partial charge in [0.15, 0.2) is 16.8 Å². The van der Waals surface area contributed by atoms with Crippen LogP contribution in [0, 0.1) is 25.5 Å². The molecular weight excluding hydrogens is 380 g/mol. The van der Waals surface area contributed by atoms with Crippen molar-refractivity contribution in [1.82, 2.24) is 10.1 Å². The van der Waals surface area contributed by atoms with Gasteiger partial charge in [0.2, 0.25) is 5.91 Å². The lowest BCUT2D eigenvalue weighted by molar-refractivity contribution is -0.113. The summed E-state index contributed by atoms with van der Waals surface area (Å²) in [6.45, 7) is 3.70. The summed E-state index contributed by atoms with van der Waals surface area (Å²) in [5.74, 6) is -0.388. The topological polar surface area (TPSA) is 68.0 Å². The van der Waals surface area contributed by atoms with Crippen LogP contribution < -0.4 is 5.32 Å². The van der Waals surface area contributed by atoms with Crippen molar-refractivity contribution in [3.63, 3.8) is 0 Å². The molecule has 0 atom stereocenters. The van der Waals surface area contributed by atoms with E-state index in [0.717, 1.165) is 29.2 Å². The van der Waals surface area contributed by atoms with Gasteiger partial charge in [-0.15, -0.1) is 23.1 Å². The molecule has 0 aliphatic rings. The van der Waals surface area contributed by atoms with Gasteiger partial charge < -0.3 is 9.84 Å². The molecule has 0 saturated heterocycles. The Labute approximate surface area is 156 Å². The fraction of sp³-hybridized carbons (Fsp3) is 0.235. The number of carbonyl (C=O) groups is 1. The number of nitrogens with zero attached hydrogens (tertiary/aromatic N) is 2. The van der Waals surface area contributed by atoms with Gasteiger partial charge in [0.1, 0.15) is 5.76 Å². The molecule has 1 amide bonds. The van der Waals surface area contributed by atoms with Crippen LogP contribution in [0.3, 0.4) is 0 Å². The molecule has 3 rings (SSSR count). The zero-order chi connectivity index (χ0) is 18.7. The number of aryl methyl sites for hydroxylation is 2. The predicted molar refractivity (Wildman–Crippen MR) is 98.2 cm³/mol. The standard InChI is InChI=1S/C17H15F2N3O2S2/c1-9-12(10(2)24-22-9)6-25-8-16(23)21-17-20-15(7-26-17)11-3-4-13(18)14(19)5-11/h3-5,7H,6,8H2,1-2H3,(H,20,21,23). The zero-order valence-electron chi connectivity index (χ0n) is 14.0. The molecule has 0 radical (unpaired) electrons. The van der Waals surface area contributed by atoms with Crippen molar-refractivity contribution in [2.75, 3.05) is 11.1 Å². The number of benzene rings is 1. The SMILES string of the molecule is Cc1noc(C)c1CSCC(=O)Nc1nc(-c2ccc(F)c(F)c2)cs1. The maximum atomic E-state index is 13.3. The van der Waals surface area contributed by atoms with Crippen LogP contribution in [0.1, 0.15) is 17.0 Å². The number of anilines is 1. The molecule has 0 unspecified atom stereocenters. The van der Waals surface area contributed by atoms with Crippen molar-refractivity contribution in [3.8, 4) is 11.3 Å². The second kappa shape index (κ2) is 7.96. The third-order valence-corrected chi connectivity index (χ3v) is 5.34. The van der Waals surface area contributed by atoms with Crippen LogP contribution in [0.2, 0.25) is 0 Å². The van der Waals surface area contributed by atoms with Crippen LogP contribution in [0.15, 0.2) is 28.1 Å². The average Bonchev–Trinajstić information content (AvgIpc) is 3.19. The Balaban J connectivity index is 1.55. The van der Waals surface area contributed by atoms with E-state index in [1.807, 2.05) is 13.8 Å². The van der Waals surface area contributed by atoms with Crippen molar-refractivity contribution in [1.29, 1.82) is 0 Å². The second-order valence-corrected chi connectivity index (χ2v) is 7.35. The summed E-state index contributed by atoms with van der Waals surface area (Å²) in [6.07, 6.45) is 0. The Morgan fingerprint density at radius 2 is 2.12 bits per heavy atom. The summed E-state index contributed by atoms with van der Waals surface area (Å²) in [7, 11) is 0. The number of nitrogens with one attached hydrogen (secondary N) is 1. The van der Waals surface area contributed by atoms with Crippen LogP contribution in [0.5, 0.6) is 0 Å². The number of amides is 1. The first-order valence-electron chi connectivity index (χ1n) is 7.64. The molecule has 136 valence electrons. The van der Waals surface area contributed by atoms with E-state index in [1.54, 1.807) is 5.38 Å². The Kier molecular flexibility index (Phi) is 5.67. The second-order valence-electron chi connectivity index (χ2n) is 5.51. The van der Waals surface area contributed by atoms with E-state index >= 15 is 0 Å². The van der Waals surface area contributed by atoms with Gasteiger partial charge in [-0.1, -0.05) is 5.16 Å². The highest BCUT2D eigenvalue weighted by Gasteiger charge is 2.12. The molecule has 5 nitrogen and oxygen atoms in total. The molecule has 0 spiro atoms. The number of thiazole rings is 1. The summed E-state index contributed by atoms with van der Waals surface area (Å²) in [5, 5.41) is 8.68. The highest BCUT2D eigenvalue weighted by atomic mass is 32.2. The fourth-order valence-corrected chi connectivity index (χ4v) is 3.94. The Morgan fingerprint density at radius 1 is 1.31 bits per heavy atom. The van der Waals surface area contributed by atoms with Crippen molar-refractivity contribution >= 4 is 34.1 Å². The van der Waals surface area contributed by atoms with Crippen LogP contribution in [0.4, 0.5) is 13.9 Å². The maximum Gasteiger partial charge on any atom is 0.236 e. The number of halogens is 2. The van der Waals surface area contributed by atoms with E-state index in [2.05, 4.69) is 15.5 Å². The summed E-state index contributed by atoms with van der Waals surface area (Å²) in [5.41, 5.74) is 2.75. The number of hydrogen-bond donors (Lipinski definition) is 1. The highest BCUT2D eigenvalue weighted by Crippen LogP contribution is 2.26. The summed E-state index contributed by atoms with van der Waals surface area (Å²) >= 11 is 2.67. The summed E-state index contributed by atoms with van der Waals surface area (Å²) < 4.78 is 31.4. The molecule has 1 aromatic carbocycles. The smallest absolute Gasteiger partial charge is 0.236 e. The predicted octanol–water partition coefficient (Wildman–Crippen LogP) is 4.57. The van der Waals surface area contributed by atoms with E-state index in [0.29, 0.717) is 22.1 Å². The molecule has 0 saturated carbocycles. The minimum absolute atomic E-state index is 0.187. The van der Waals surface area contributed by atoms with Crippen LogP contribution >= 0.6 is 23.1 Å². The largest absolute Gasteiger partial charge is 0.361 e. The first-order valence-corrected chi connectivity index (χ1v) is 9.67. The molecule has 0 fully saturated rings. The Morgan fingerprint density at radius 3 is 2.81 bits per heavy atom. The summed E-state index contributed by atoms with van der Waals surface area (Å²) in [6, 6.07) is 3.57. The minimum Gasteiger partial charge on any atom is -0.361 e. The monoisotopic (exact) mass is 395 g/mol. The molecule has 1 N–H and O–H groups in total. The van der Waals surface area contributed by atoms with Crippen molar-refractivity contribution in [2.24, 2.45) is 0 Å². The lowest BCUT2D eigenvalue weighted by Crippen LogP contribution is -2.14. The van der Waals surface area contributed by atoms with Crippen molar-refractivity contribution in [2.45, 2.75) is 19.6 Å². The number of aromatic nitrogens is 2.